The number of carbonyl (C=O) groups excluding carboxylic acids is 1. The van der Waals surface area contributed by atoms with Crippen LogP contribution in [0.3, 0.4) is 0 Å². The summed E-state index contributed by atoms with van der Waals surface area (Å²) in [6, 6.07) is 0.473. The van der Waals surface area contributed by atoms with Crippen LogP contribution >= 0.6 is 15.9 Å². The van der Waals surface area contributed by atoms with Gasteiger partial charge in [-0.05, 0) is 48.5 Å². The van der Waals surface area contributed by atoms with Crippen LogP contribution in [0, 0.1) is 0 Å². The van der Waals surface area contributed by atoms with E-state index in [4.69, 9.17) is 5.73 Å². The van der Waals surface area contributed by atoms with Crippen molar-refractivity contribution in [1.82, 2.24) is 15.1 Å². The molecule has 18 heavy (non-hydrogen) atoms. The summed E-state index contributed by atoms with van der Waals surface area (Å²) in [5.74, 6) is -0.268. The molecule has 1 aromatic rings. The number of nitrogens with two attached hydrogens (primary N) is 1. The second-order valence-electron chi connectivity index (χ2n) is 5.14. The molecule has 0 aromatic carbocycles. The zero-order valence-electron chi connectivity index (χ0n) is 10.5. The molecule has 1 heterocycles. The van der Waals surface area contributed by atoms with E-state index in [-0.39, 0.29) is 5.91 Å². The van der Waals surface area contributed by atoms with E-state index in [1.54, 1.807) is 6.20 Å². The Hall–Kier alpha value is -0.880. The molecule has 0 saturated heterocycles. The molecular formula is C12H19BrN4O. The predicted octanol–water partition coefficient (Wildman–Crippen LogP) is 1.42. The molecule has 1 aliphatic rings. The number of aryl methyl sites for hydroxylation is 1. The summed E-state index contributed by atoms with van der Waals surface area (Å²) in [7, 11) is 0. The van der Waals surface area contributed by atoms with Crippen LogP contribution in [-0.2, 0) is 11.3 Å². The Morgan fingerprint density at radius 2 is 2.44 bits per heavy atom. The number of hydrogen-bond acceptors (Lipinski definition) is 3. The molecular weight excluding hydrogens is 296 g/mol. The number of carbonyl (C=O) groups is 1. The SMILES string of the molecule is CC(CCCn1cc(Br)cn1)(NC1CC1)C(N)=O. The lowest BCUT2D eigenvalue weighted by atomic mass is 9.94. The normalized spacial score (nSPS) is 18.6. The van der Waals surface area contributed by atoms with Gasteiger partial charge >= 0.3 is 0 Å². The number of rotatable bonds is 7. The number of hydrogen-bond donors (Lipinski definition) is 2. The van der Waals surface area contributed by atoms with Crippen molar-refractivity contribution in [3.05, 3.63) is 16.9 Å². The molecule has 2 rings (SSSR count). The second-order valence-corrected chi connectivity index (χ2v) is 6.06. The number of amides is 1. The molecule has 1 aromatic heterocycles. The zero-order valence-corrected chi connectivity index (χ0v) is 12.1. The summed E-state index contributed by atoms with van der Waals surface area (Å²) in [6.07, 6.45) is 7.58. The minimum Gasteiger partial charge on any atom is -0.368 e. The van der Waals surface area contributed by atoms with Gasteiger partial charge in [-0.1, -0.05) is 0 Å². The maximum atomic E-state index is 11.6. The number of nitrogens with zero attached hydrogens (tertiary/aromatic N) is 2. The van der Waals surface area contributed by atoms with Crippen LogP contribution in [0.5, 0.6) is 0 Å². The molecule has 1 atom stereocenters. The molecule has 6 heteroatoms. The Morgan fingerprint density at radius 1 is 1.72 bits per heavy atom. The van der Waals surface area contributed by atoms with Gasteiger partial charge in [0.05, 0.1) is 16.2 Å². The summed E-state index contributed by atoms with van der Waals surface area (Å²) >= 11 is 3.36. The van der Waals surface area contributed by atoms with Gasteiger partial charge in [-0.3, -0.25) is 9.48 Å². The monoisotopic (exact) mass is 314 g/mol. The standard InChI is InChI=1S/C12H19BrN4O/c1-12(11(14)18,16-10-3-4-10)5-2-6-17-8-9(13)7-15-17/h7-8,10,16H,2-6H2,1H3,(H2,14,18). The van der Waals surface area contributed by atoms with Crippen LogP contribution in [0.1, 0.15) is 32.6 Å². The van der Waals surface area contributed by atoms with E-state index in [1.807, 2.05) is 17.8 Å². The maximum Gasteiger partial charge on any atom is 0.237 e. The van der Waals surface area contributed by atoms with E-state index in [0.717, 1.165) is 36.7 Å². The van der Waals surface area contributed by atoms with Gasteiger partial charge < -0.3 is 11.1 Å². The third kappa shape index (κ3) is 3.55. The molecule has 1 saturated carbocycles. The molecule has 0 spiro atoms. The molecule has 0 radical (unpaired) electrons. The molecule has 0 bridgehead atoms. The average Bonchev–Trinajstić information content (AvgIpc) is 3.00. The third-order valence-corrected chi connectivity index (χ3v) is 3.72. The van der Waals surface area contributed by atoms with Gasteiger partial charge in [-0.2, -0.15) is 5.10 Å². The van der Waals surface area contributed by atoms with Crippen molar-refractivity contribution in [3.63, 3.8) is 0 Å². The molecule has 1 unspecified atom stereocenters. The summed E-state index contributed by atoms with van der Waals surface area (Å²) in [6.45, 7) is 2.69. The molecule has 3 N–H and O–H groups in total. The van der Waals surface area contributed by atoms with Crippen LogP contribution in [-0.4, -0.2) is 27.3 Å². The van der Waals surface area contributed by atoms with Crippen LogP contribution in [0.15, 0.2) is 16.9 Å². The first-order valence-electron chi connectivity index (χ1n) is 6.25. The lowest BCUT2D eigenvalue weighted by Crippen LogP contribution is -2.54. The van der Waals surface area contributed by atoms with Gasteiger partial charge in [0, 0.05) is 18.8 Å². The van der Waals surface area contributed by atoms with Crippen molar-refractivity contribution in [2.45, 2.75) is 50.7 Å². The summed E-state index contributed by atoms with van der Waals surface area (Å²) in [5, 5.41) is 7.53. The second kappa shape index (κ2) is 5.40. The highest BCUT2D eigenvalue weighted by Crippen LogP contribution is 2.24. The van der Waals surface area contributed by atoms with E-state index in [2.05, 4.69) is 26.3 Å². The number of aromatic nitrogens is 2. The summed E-state index contributed by atoms with van der Waals surface area (Å²) in [5.41, 5.74) is 4.91. The zero-order chi connectivity index (χ0) is 13.2. The third-order valence-electron chi connectivity index (χ3n) is 3.31. The predicted molar refractivity (Wildman–Crippen MR) is 72.9 cm³/mol. The van der Waals surface area contributed by atoms with Crippen molar-refractivity contribution in [1.29, 1.82) is 0 Å². The fourth-order valence-corrected chi connectivity index (χ4v) is 2.33. The van der Waals surface area contributed by atoms with Crippen LogP contribution < -0.4 is 11.1 Å². The van der Waals surface area contributed by atoms with E-state index in [9.17, 15) is 4.79 Å². The first-order valence-corrected chi connectivity index (χ1v) is 7.04. The van der Waals surface area contributed by atoms with Gasteiger partial charge in [0.2, 0.25) is 5.91 Å². The van der Waals surface area contributed by atoms with Crippen molar-refractivity contribution >= 4 is 21.8 Å². The molecule has 0 aliphatic heterocycles. The summed E-state index contributed by atoms with van der Waals surface area (Å²) < 4.78 is 2.83. The fraction of sp³-hybridized carbons (Fsp3) is 0.667. The molecule has 5 nitrogen and oxygen atoms in total. The fourth-order valence-electron chi connectivity index (χ4n) is 2.00. The Labute approximate surface area is 115 Å². The van der Waals surface area contributed by atoms with Gasteiger partial charge in [-0.25, -0.2) is 0 Å². The van der Waals surface area contributed by atoms with Crippen molar-refractivity contribution in [3.8, 4) is 0 Å². The number of halogens is 1. The first kappa shape index (κ1) is 13.5. The molecule has 1 aliphatic carbocycles. The average molecular weight is 315 g/mol. The Kier molecular flexibility index (Phi) is 4.07. The van der Waals surface area contributed by atoms with E-state index >= 15 is 0 Å². The Balaban J connectivity index is 1.83. The van der Waals surface area contributed by atoms with Crippen LogP contribution in [0.2, 0.25) is 0 Å². The smallest absolute Gasteiger partial charge is 0.237 e. The lowest BCUT2D eigenvalue weighted by molar-refractivity contribution is -0.124. The highest BCUT2D eigenvalue weighted by Gasteiger charge is 2.36. The minimum absolute atomic E-state index is 0.268. The maximum absolute atomic E-state index is 11.6. The number of nitrogens with one attached hydrogen (secondary N) is 1. The van der Waals surface area contributed by atoms with Gasteiger partial charge in [-0.15, -0.1) is 0 Å². The highest BCUT2D eigenvalue weighted by atomic mass is 79.9. The van der Waals surface area contributed by atoms with Crippen molar-refractivity contribution in [2.75, 3.05) is 0 Å². The largest absolute Gasteiger partial charge is 0.368 e. The Bertz CT molecular complexity index is 429. The van der Waals surface area contributed by atoms with Gasteiger partial charge in [0.15, 0.2) is 0 Å². The highest BCUT2D eigenvalue weighted by molar-refractivity contribution is 9.10. The molecule has 1 amide bonds. The van der Waals surface area contributed by atoms with Crippen LogP contribution in [0.4, 0.5) is 0 Å². The molecule has 100 valence electrons. The summed E-state index contributed by atoms with van der Waals surface area (Å²) in [4.78, 5) is 11.6. The van der Waals surface area contributed by atoms with E-state index < -0.39 is 5.54 Å². The topological polar surface area (TPSA) is 72.9 Å². The minimum atomic E-state index is -0.592. The van der Waals surface area contributed by atoms with Gasteiger partial charge in [0.25, 0.3) is 0 Å². The first-order chi connectivity index (χ1) is 8.49. The van der Waals surface area contributed by atoms with Crippen molar-refractivity contribution < 1.29 is 4.79 Å². The van der Waals surface area contributed by atoms with E-state index in [1.165, 1.54) is 0 Å². The van der Waals surface area contributed by atoms with Crippen LogP contribution in [0.25, 0.3) is 0 Å². The quantitative estimate of drug-likeness (QED) is 0.799. The Morgan fingerprint density at radius 3 is 2.94 bits per heavy atom. The number of primary amides is 1. The lowest BCUT2D eigenvalue weighted by Gasteiger charge is -2.27. The van der Waals surface area contributed by atoms with Gasteiger partial charge in [0.1, 0.15) is 0 Å². The van der Waals surface area contributed by atoms with Crippen molar-refractivity contribution in [2.24, 2.45) is 5.73 Å². The van der Waals surface area contributed by atoms with E-state index in [0.29, 0.717) is 6.04 Å². The molecule has 1 fully saturated rings.